The second kappa shape index (κ2) is 10.9. The third-order valence-corrected chi connectivity index (χ3v) is 4.69. The molecule has 0 radical (unpaired) electrons. The molecule has 1 aromatic rings. The molecule has 0 heterocycles. The second-order valence-electron chi connectivity index (χ2n) is 6.90. The Morgan fingerprint density at radius 1 is 1.19 bits per heavy atom. The largest absolute Gasteiger partial charge is 0.376 e. The highest BCUT2D eigenvalue weighted by atomic mass is 19.1. The van der Waals surface area contributed by atoms with Gasteiger partial charge in [-0.1, -0.05) is 26.0 Å². The number of carbonyl (C=O) groups excluding carboxylic acids is 2. The van der Waals surface area contributed by atoms with Crippen molar-refractivity contribution in [3.8, 4) is 0 Å². The van der Waals surface area contributed by atoms with Gasteiger partial charge in [0.2, 0.25) is 5.91 Å². The third kappa shape index (κ3) is 6.50. The predicted octanol–water partition coefficient (Wildman–Crippen LogP) is 3.44. The summed E-state index contributed by atoms with van der Waals surface area (Å²) in [6.07, 6.45) is 3.42. The summed E-state index contributed by atoms with van der Waals surface area (Å²) in [6.45, 7) is 5.27. The topological polar surface area (TPSA) is 79.5 Å². The van der Waals surface area contributed by atoms with E-state index < -0.39 is 11.8 Å². The summed E-state index contributed by atoms with van der Waals surface area (Å²) in [5.74, 6) is -0.537. The zero-order valence-electron chi connectivity index (χ0n) is 16.1. The summed E-state index contributed by atoms with van der Waals surface area (Å²) in [7, 11) is 0. The molecule has 0 bridgehead atoms. The standard InChI is InChI=1S/C20H30FN3O3/c1-3-11-22-19(25)14-9-10-17(18(13-14)27-12-4-2)24-20(26)23-16-8-6-5-7-15(16)21/h5-8,14,17-18H,3-4,9-13H2,1-2H3,(H,22,25)(H2,23,24,26)/t14-,17-,18-/m0/s1. The molecule has 0 unspecified atom stereocenters. The molecule has 150 valence electrons. The summed E-state index contributed by atoms with van der Waals surface area (Å²) in [4.78, 5) is 24.6. The van der Waals surface area contributed by atoms with Crippen LogP contribution < -0.4 is 16.0 Å². The van der Waals surface area contributed by atoms with E-state index in [0.717, 1.165) is 12.8 Å². The van der Waals surface area contributed by atoms with Crippen LogP contribution in [0, 0.1) is 11.7 Å². The molecule has 3 atom stereocenters. The van der Waals surface area contributed by atoms with Crippen LogP contribution in [0.5, 0.6) is 0 Å². The second-order valence-corrected chi connectivity index (χ2v) is 6.90. The molecule has 1 saturated carbocycles. The maximum atomic E-state index is 13.7. The van der Waals surface area contributed by atoms with Crippen molar-refractivity contribution >= 4 is 17.6 Å². The number of anilines is 1. The Morgan fingerprint density at radius 2 is 1.96 bits per heavy atom. The average Bonchev–Trinajstić information content (AvgIpc) is 2.67. The first-order valence-corrected chi connectivity index (χ1v) is 9.76. The fourth-order valence-corrected chi connectivity index (χ4v) is 3.27. The molecule has 0 saturated heterocycles. The highest BCUT2D eigenvalue weighted by Gasteiger charge is 2.35. The number of ether oxygens (including phenoxy) is 1. The molecular formula is C20H30FN3O3. The van der Waals surface area contributed by atoms with Crippen molar-refractivity contribution in [3.63, 3.8) is 0 Å². The Kier molecular flexibility index (Phi) is 8.51. The van der Waals surface area contributed by atoms with Gasteiger partial charge in [-0.25, -0.2) is 9.18 Å². The zero-order valence-corrected chi connectivity index (χ0v) is 16.1. The molecule has 1 aliphatic carbocycles. The monoisotopic (exact) mass is 379 g/mol. The van der Waals surface area contributed by atoms with E-state index in [2.05, 4.69) is 16.0 Å². The van der Waals surface area contributed by atoms with Crippen LogP contribution in [0.3, 0.4) is 0 Å². The lowest BCUT2D eigenvalue weighted by Gasteiger charge is -2.35. The van der Waals surface area contributed by atoms with Crippen molar-refractivity contribution in [2.24, 2.45) is 5.92 Å². The van der Waals surface area contributed by atoms with Gasteiger partial charge in [0.1, 0.15) is 5.82 Å². The molecule has 6 nitrogen and oxygen atoms in total. The van der Waals surface area contributed by atoms with Gasteiger partial charge < -0.3 is 20.7 Å². The smallest absolute Gasteiger partial charge is 0.319 e. The van der Waals surface area contributed by atoms with Gasteiger partial charge >= 0.3 is 6.03 Å². The molecule has 27 heavy (non-hydrogen) atoms. The highest BCUT2D eigenvalue weighted by Crippen LogP contribution is 2.27. The molecule has 0 aromatic heterocycles. The minimum Gasteiger partial charge on any atom is -0.376 e. The fourth-order valence-electron chi connectivity index (χ4n) is 3.27. The number of hydrogen-bond acceptors (Lipinski definition) is 3. The number of carbonyl (C=O) groups is 2. The predicted molar refractivity (Wildman–Crippen MR) is 103 cm³/mol. The van der Waals surface area contributed by atoms with Crippen LogP contribution in [0.2, 0.25) is 0 Å². The highest BCUT2D eigenvalue weighted by molar-refractivity contribution is 5.89. The van der Waals surface area contributed by atoms with E-state index in [1.807, 2.05) is 13.8 Å². The van der Waals surface area contributed by atoms with Crippen LogP contribution in [0.15, 0.2) is 24.3 Å². The number of hydrogen-bond donors (Lipinski definition) is 3. The fraction of sp³-hybridized carbons (Fsp3) is 0.600. The number of rotatable bonds is 8. The van der Waals surface area contributed by atoms with Gasteiger partial charge in [-0.15, -0.1) is 0 Å². The van der Waals surface area contributed by atoms with Gasteiger partial charge in [-0.2, -0.15) is 0 Å². The first-order chi connectivity index (χ1) is 13.0. The van der Waals surface area contributed by atoms with Crippen LogP contribution >= 0.6 is 0 Å². The lowest BCUT2D eigenvalue weighted by molar-refractivity contribution is -0.128. The zero-order chi connectivity index (χ0) is 19.6. The Labute approximate surface area is 160 Å². The van der Waals surface area contributed by atoms with Gasteiger partial charge in [0, 0.05) is 19.1 Å². The van der Waals surface area contributed by atoms with E-state index in [1.165, 1.54) is 12.1 Å². The van der Waals surface area contributed by atoms with Gasteiger partial charge in [-0.3, -0.25) is 4.79 Å². The van der Waals surface area contributed by atoms with Gasteiger partial charge in [0.25, 0.3) is 0 Å². The van der Waals surface area contributed by atoms with Crippen molar-refractivity contribution in [3.05, 3.63) is 30.1 Å². The van der Waals surface area contributed by atoms with E-state index in [9.17, 15) is 14.0 Å². The van der Waals surface area contributed by atoms with E-state index >= 15 is 0 Å². The minimum absolute atomic E-state index is 0.0520. The van der Waals surface area contributed by atoms with Gasteiger partial charge in [-0.05, 0) is 44.2 Å². The van der Waals surface area contributed by atoms with E-state index in [-0.39, 0.29) is 29.7 Å². The summed E-state index contributed by atoms with van der Waals surface area (Å²) >= 11 is 0. The Balaban J connectivity index is 1.94. The first-order valence-electron chi connectivity index (χ1n) is 9.76. The van der Waals surface area contributed by atoms with Crippen LogP contribution in [-0.2, 0) is 9.53 Å². The Hall–Kier alpha value is -2.15. The minimum atomic E-state index is -0.484. The molecule has 2 rings (SSSR count). The van der Waals surface area contributed by atoms with Gasteiger partial charge in [0.15, 0.2) is 0 Å². The number of amides is 3. The number of urea groups is 1. The van der Waals surface area contributed by atoms with Crippen molar-refractivity contribution in [2.45, 2.75) is 58.1 Å². The Morgan fingerprint density at radius 3 is 2.67 bits per heavy atom. The van der Waals surface area contributed by atoms with Gasteiger partial charge in [0.05, 0.1) is 17.8 Å². The van der Waals surface area contributed by atoms with Crippen LogP contribution in [-0.4, -0.2) is 37.2 Å². The average molecular weight is 379 g/mol. The molecule has 3 N–H and O–H groups in total. The first kappa shape index (κ1) is 21.2. The molecular weight excluding hydrogens is 349 g/mol. The third-order valence-electron chi connectivity index (χ3n) is 4.69. The van der Waals surface area contributed by atoms with Crippen molar-refractivity contribution < 1.29 is 18.7 Å². The normalized spacial score (nSPS) is 22.1. The Bertz CT molecular complexity index is 626. The molecule has 1 aromatic carbocycles. The molecule has 3 amide bonds. The van der Waals surface area contributed by atoms with E-state index in [1.54, 1.807) is 12.1 Å². The van der Waals surface area contributed by atoms with E-state index in [4.69, 9.17) is 4.74 Å². The number of benzene rings is 1. The maximum absolute atomic E-state index is 13.7. The van der Waals surface area contributed by atoms with Crippen LogP contribution in [0.1, 0.15) is 46.0 Å². The van der Waals surface area contributed by atoms with Crippen molar-refractivity contribution in [1.29, 1.82) is 0 Å². The molecule has 0 aliphatic heterocycles. The number of halogens is 1. The molecule has 1 aliphatic rings. The quantitative estimate of drug-likeness (QED) is 0.647. The summed E-state index contributed by atoms with van der Waals surface area (Å²) < 4.78 is 19.6. The maximum Gasteiger partial charge on any atom is 0.319 e. The lowest BCUT2D eigenvalue weighted by atomic mass is 9.83. The van der Waals surface area contributed by atoms with Crippen molar-refractivity contribution in [1.82, 2.24) is 10.6 Å². The summed E-state index contributed by atoms with van der Waals surface area (Å²) in [5.41, 5.74) is 0.133. The summed E-state index contributed by atoms with van der Waals surface area (Å²) in [5, 5.41) is 8.36. The lowest BCUT2D eigenvalue weighted by Crippen LogP contribution is -2.51. The molecule has 7 heteroatoms. The van der Waals surface area contributed by atoms with Crippen molar-refractivity contribution in [2.75, 3.05) is 18.5 Å². The number of nitrogens with one attached hydrogen (secondary N) is 3. The van der Waals surface area contributed by atoms with Crippen LogP contribution in [0.4, 0.5) is 14.9 Å². The summed E-state index contributed by atoms with van der Waals surface area (Å²) in [6, 6.07) is 5.35. The molecule has 1 fully saturated rings. The SMILES string of the molecule is CCCNC(=O)[C@H]1CC[C@H](NC(=O)Nc2ccccc2F)[C@@H](OCCC)C1. The van der Waals surface area contributed by atoms with E-state index in [0.29, 0.717) is 32.4 Å². The van der Waals surface area contributed by atoms with Crippen LogP contribution in [0.25, 0.3) is 0 Å². The molecule has 0 spiro atoms. The number of para-hydroxylation sites is 1.